The lowest BCUT2D eigenvalue weighted by Crippen LogP contribution is -2.30. The van der Waals surface area contributed by atoms with Crippen LogP contribution in [0.2, 0.25) is 0 Å². The summed E-state index contributed by atoms with van der Waals surface area (Å²) in [5, 5.41) is 12.1. The lowest BCUT2D eigenvalue weighted by molar-refractivity contribution is 0.0752. The third-order valence-electron chi connectivity index (χ3n) is 7.97. The number of benzene rings is 2. The predicted molar refractivity (Wildman–Crippen MR) is 164 cm³/mol. The van der Waals surface area contributed by atoms with E-state index in [0.29, 0.717) is 49.3 Å². The van der Waals surface area contributed by atoms with Gasteiger partial charge in [-0.15, -0.1) is 0 Å². The summed E-state index contributed by atoms with van der Waals surface area (Å²) in [5.41, 5.74) is 2.32. The fraction of sp³-hybridized carbons (Fsp3) is 0.483. The lowest BCUT2D eigenvalue weighted by atomic mass is 10.0. The van der Waals surface area contributed by atoms with Crippen LogP contribution in [0.4, 0.5) is 5.82 Å². The van der Waals surface area contributed by atoms with E-state index in [9.17, 15) is 14.1 Å². The van der Waals surface area contributed by atoms with Gasteiger partial charge in [0.2, 0.25) is 0 Å². The number of aromatic hydroxyl groups is 1. The lowest BCUT2D eigenvalue weighted by Gasteiger charge is -2.24. The van der Waals surface area contributed by atoms with Gasteiger partial charge in [-0.3, -0.25) is 9.00 Å². The highest BCUT2D eigenvalue weighted by molar-refractivity contribution is 14.1. The van der Waals surface area contributed by atoms with Gasteiger partial charge in [0.25, 0.3) is 5.91 Å². The number of nitrogens with zero attached hydrogens (tertiary/aromatic N) is 5. The first-order chi connectivity index (χ1) is 19.2. The average Bonchev–Trinajstić information content (AvgIpc) is 3.59. The molecule has 3 aromatic rings. The highest BCUT2D eigenvalue weighted by Crippen LogP contribution is 2.46. The van der Waals surface area contributed by atoms with Crippen molar-refractivity contribution in [2.75, 3.05) is 56.7 Å². The van der Waals surface area contributed by atoms with Crippen molar-refractivity contribution in [3.63, 3.8) is 0 Å². The third-order valence-corrected chi connectivity index (χ3v) is 10.3. The molecular formula is C29H34IN5O4S. The molecule has 1 amide bonds. The van der Waals surface area contributed by atoms with Crippen molar-refractivity contribution in [2.45, 2.75) is 32.4 Å². The summed E-state index contributed by atoms with van der Waals surface area (Å²) in [7, 11) is 3.32. The Bertz CT molecular complexity index is 1500. The summed E-state index contributed by atoms with van der Waals surface area (Å²) in [4.78, 5) is 29.8. The molecule has 212 valence electrons. The van der Waals surface area contributed by atoms with Gasteiger partial charge >= 0.3 is 6.01 Å². The second-order valence-electron chi connectivity index (χ2n) is 11.5. The Hall–Kier alpha value is -2.51. The quantitative estimate of drug-likeness (QED) is 0.379. The van der Waals surface area contributed by atoms with Crippen LogP contribution < -0.4 is 9.64 Å². The van der Waals surface area contributed by atoms with Crippen LogP contribution in [-0.4, -0.2) is 86.8 Å². The zero-order valence-electron chi connectivity index (χ0n) is 22.9. The number of phenols is 1. The maximum Gasteiger partial charge on any atom is 0.318 e. The summed E-state index contributed by atoms with van der Waals surface area (Å²) < 4.78 is 19.5. The van der Waals surface area contributed by atoms with Gasteiger partial charge in [0.05, 0.1) is 31.0 Å². The first-order valence-corrected chi connectivity index (χ1v) is 16.3. The number of rotatable bonds is 7. The van der Waals surface area contributed by atoms with Gasteiger partial charge in [-0.1, -0.05) is 12.1 Å². The number of aromatic nitrogens is 2. The molecule has 1 atom stereocenters. The summed E-state index contributed by atoms with van der Waals surface area (Å²) in [6.45, 7) is 3.62. The molecule has 1 aliphatic carbocycles. The van der Waals surface area contributed by atoms with Crippen LogP contribution in [0.5, 0.6) is 11.8 Å². The number of fused-ring (bicyclic) bond motifs is 2. The van der Waals surface area contributed by atoms with E-state index in [-0.39, 0.29) is 17.1 Å². The van der Waals surface area contributed by atoms with E-state index in [1.165, 1.54) is 0 Å². The average molecular weight is 676 g/mol. The largest absolute Gasteiger partial charge is 0.508 e. The minimum absolute atomic E-state index is 0.0648. The second-order valence-corrected chi connectivity index (χ2v) is 14.3. The second kappa shape index (κ2) is 11.1. The van der Waals surface area contributed by atoms with Gasteiger partial charge in [-0.2, -0.15) is 9.97 Å². The molecule has 0 spiro atoms. The van der Waals surface area contributed by atoms with E-state index in [1.54, 1.807) is 17.0 Å². The fourth-order valence-corrected chi connectivity index (χ4v) is 7.75. The topological polar surface area (TPSA) is 99.1 Å². The van der Waals surface area contributed by atoms with Crippen LogP contribution in [0.25, 0.3) is 10.8 Å². The SMILES string of the molecule is CN(C)CC1(COc2nc3c(c(N4CCCS(=O)CC4)n2)CN(C(=O)c2cc(O)cc4cccc(I)c24)C3)CC1. The molecule has 1 saturated heterocycles. The van der Waals surface area contributed by atoms with Gasteiger partial charge in [0, 0.05) is 61.9 Å². The smallest absolute Gasteiger partial charge is 0.318 e. The first-order valence-electron chi connectivity index (χ1n) is 13.7. The highest BCUT2D eigenvalue weighted by Gasteiger charge is 2.44. The fourth-order valence-electron chi connectivity index (χ4n) is 5.86. The summed E-state index contributed by atoms with van der Waals surface area (Å²) in [6, 6.07) is 9.38. The van der Waals surface area contributed by atoms with Crippen molar-refractivity contribution in [2.24, 2.45) is 5.41 Å². The number of phenolic OH excluding ortho intramolecular Hbond substituents is 1. The Labute approximate surface area is 250 Å². The Morgan fingerprint density at radius 3 is 2.77 bits per heavy atom. The molecule has 0 radical (unpaired) electrons. The molecule has 3 aliphatic rings. The molecule has 1 N–H and O–H groups in total. The molecule has 2 aliphatic heterocycles. The number of anilines is 1. The Kier molecular flexibility index (Phi) is 7.64. The Balaban J connectivity index is 1.32. The Morgan fingerprint density at radius 2 is 2.00 bits per heavy atom. The van der Waals surface area contributed by atoms with Crippen LogP contribution in [-0.2, 0) is 23.9 Å². The molecule has 2 fully saturated rings. The number of carbonyl (C=O) groups excluding carboxylic acids is 1. The highest BCUT2D eigenvalue weighted by atomic mass is 127. The molecule has 11 heteroatoms. The van der Waals surface area contributed by atoms with Crippen LogP contribution in [0.1, 0.15) is 40.9 Å². The third kappa shape index (κ3) is 5.64. The first kappa shape index (κ1) is 27.6. The minimum atomic E-state index is -0.836. The Morgan fingerprint density at radius 1 is 1.18 bits per heavy atom. The number of hydrogen-bond donors (Lipinski definition) is 1. The summed E-state index contributed by atoms with van der Waals surface area (Å²) >= 11 is 2.24. The van der Waals surface area contributed by atoms with E-state index in [4.69, 9.17) is 14.7 Å². The number of carbonyl (C=O) groups is 1. The van der Waals surface area contributed by atoms with Gasteiger partial charge in [-0.25, -0.2) is 0 Å². The molecule has 0 bridgehead atoms. The zero-order valence-corrected chi connectivity index (χ0v) is 25.8. The van der Waals surface area contributed by atoms with E-state index in [2.05, 4.69) is 46.5 Å². The molecule has 3 heterocycles. The maximum absolute atomic E-state index is 13.9. The molecule has 1 aromatic heterocycles. The monoisotopic (exact) mass is 675 g/mol. The van der Waals surface area contributed by atoms with Crippen molar-refractivity contribution in [1.29, 1.82) is 0 Å². The molecule has 9 nitrogen and oxygen atoms in total. The van der Waals surface area contributed by atoms with Crippen LogP contribution in [0.15, 0.2) is 30.3 Å². The van der Waals surface area contributed by atoms with Gasteiger partial charge in [0.1, 0.15) is 11.6 Å². The van der Waals surface area contributed by atoms with Gasteiger partial charge in [0.15, 0.2) is 0 Å². The normalized spacial score (nSPS) is 20.1. The minimum Gasteiger partial charge on any atom is -0.508 e. The van der Waals surface area contributed by atoms with Crippen molar-refractivity contribution < 1.29 is 18.8 Å². The van der Waals surface area contributed by atoms with Crippen molar-refractivity contribution >= 4 is 55.9 Å². The van der Waals surface area contributed by atoms with Crippen molar-refractivity contribution in [3.8, 4) is 11.8 Å². The molecule has 1 unspecified atom stereocenters. The van der Waals surface area contributed by atoms with Crippen LogP contribution in [0.3, 0.4) is 0 Å². The summed E-state index contributed by atoms with van der Waals surface area (Å²) in [6.07, 6.45) is 3.07. The standard InChI is InChI=1S/C29H34IN5O4S/c1-33(2)17-29(7-8-29)18-39-28-31-24-16-35(15-22(24)26(32-28)34-9-4-11-40(38)12-10-34)27(37)21-14-20(36)13-19-5-3-6-23(30)25(19)21/h3,5-6,13-14,36H,4,7-12,15-18H2,1-2H3. The number of hydrogen-bond acceptors (Lipinski definition) is 8. The maximum atomic E-state index is 13.9. The molecule has 2 aromatic carbocycles. The van der Waals surface area contributed by atoms with Crippen LogP contribution >= 0.6 is 22.6 Å². The summed E-state index contributed by atoms with van der Waals surface area (Å²) in [5.74, 6) is 1.97. The molecule has 40 heavy (non-hydrogen) atoms. The van der Waals surface area contributed by atoms with E-state index in [0.717, 1.165) is 63.8 Å². The van der Waals surface area contributed by atoms with Crippen LogP contribution in [0, 0.1) is 8.99 Å². The molecule has 6 rings (SSSR count). The molecular weight excluding hydrogens is 641 g/mol. The zero-order chi connectivity index (χ0) is 28.0. The van der Waals surface area contributed by atoms with E-state index >= 15 is 0 Å². The van der Waals surface area contributed by atoms with E-state index in [1.807, 2.05) is 18.2 Å². The van der Waals surface area contributed by atoms with Gasteiger partial charge < -0.3 is 24.5 Å². The van der Waals surface area contributed by atoms with Gasteiger partial charge in [-0.05, 0) is 79.5 Å². The number of ether oxygens (including phenoxy) is 1. The molecule has 1 saturated carbocycles. The van der Waals surface area contributed by atoms with Crippen molar-refractivity contribution in [1.82, 2.24) is 19.8 Å². The number of amides is 1. The van der Waals surface area contributed by atoms with Crippen molar-refractivity contribution in [3.05, 3.63) is 50.7 Å². The predicted octanol–water partition coefficient (Wildman–Crippen LogP) is 3.78. The van der Waals surface area contributed by atoms with E-state index < -0.39 is 10.8 Å². The number of halogens is 1.